The van der Waals surface area contributed by atoms with Gasteiger partial charge in [0.25, 0.3) is 0 Å². The van der Waals surface area contributed by atoms with Crippen molar-refractivity contribution in [1.82, 2.24) is 0 Å². The number of ether oxygens (including phenoxy) is 1. The van der Waals surface area contributed by atoms with Crippen LogP contribution in [0.25, 0.3) is 0 Å². The van der Waals surface area contributed by atoms with Crippen molar-refractivity contribution in [1.29, 1.82) is 0 Å². The Kier molecular flexibility index (Phi) is 4.83. The third-order valence-electron chi connectivity index (χ3n) is 9.07. The van der Waals surface area contributed by atoms with Gasteiger partial charge < -0.3 is 4.74 Å². The summed E-state index contributed by atoms with van der Waals surface area (Å²) in [5, 5.41) is 0. The van der Waals surface area contributed by atoms with Crippen LogP contribution in [-0.2, 0) is 19.1 Å². The minimum atomic E-state index is -0.378. The van der Waals surface area contributed by atoms with E-state index in [1.54, 1.807) is 0 Å². The number of rotatable bonds is 3. The molecule has 0 aromatic rings. The monoisotopic (exact) mass is 386 g/mol. The second-order valence-corrected chi connectivity index (χ2v) is 10.4. The molecule has 0 N–H and O–H groups in total. The molecule has 7 unspecified atom stereocenters. The van der Waals surface area contributed by atoms with Crippen LogP contribution >= 0.6 is 0 Å². The first-order valence-corrected chi connectivity index (χ1v) is 11.1. The maximum Gasteiger partial charge on any atom is 0.303 e. The van der Waals surface area contributed by atoms with Gasteiger partial charge in [-0.05, 0) is 79.6 Å². The molecule has 7 atom stereocenters. The number of ketones is 2. The van der Waals surface area contributed by atoms with Crippen LogP contribution in [0.3, 0.4) is 0 Å². The van der Waals surface area contributed by atoms with Gasteiger partial charge in [-0.3, -0.25) is 14.4 Å². The van der Waals surface area contributed by atoms with Gasteiger partial charge >= 0.3 is 5.97 Å². The lowest BCUT2D eigenvalue weighted by molar-refractivity contribution is -0.149. The Bertz CT molecular complexity index is 737. The second kappa shape index (κ2) is 6.81. The molecule has 154 valence electrons. The summed E-state index contributed by atoms with van der Waals surface area (Å²) in [6.07, 6.45) is 9.39. The Balaban J connectivity index is 1.57. The molecule has 0 aliphatic heterocycles. The van der Waals surface area contributed by atoms with Crippen LogP contribution in [0.1, 0.15) is 72.6 Å². The normalized spacial score (nSPS) is 44.8. The van der Waals surface area contributed by atoms with Gasteiger partial charge in [-0.2, -0.15) is 0 Å². The first kappa shape index (κ1) is 19.8. The molecular weight excluding hydrogens is 352 g/mol. The number of fused-ring (bicyclic) bond motifs is 5. The third-order valence-corrected chi connectivity index (χ3v) is 9.07. The van der Waals surface area contributed by atoms with Gasteiger partial charge in [0.15, 0.2) is 11.6 Å². The first-order valence-electron chi connectivity index (χ1n) is 11.1. The summed E-state index contributed by atoms with van der Waals surface area (Å²) in [5.74, 6) is 2.04. The topological polar surface area (TPSA) is 60.4 Å². The molecule has 0 saturated heterocycles. The van der Waals surface area contributed by atoms with Crippen molar-refractivity contribution < 1.29 is 19.1 Å². The van der Waals surface area contributed by atoms with Crippen LogP contribution in [0.15, 0.2) is 11.6 Å². The fourth-order valence-corrected chi connectivity index (χ4v) is 7.70. The maximum absolute atomic E-state index is 12.8. The van der Waals surface area contributed by atoms with Crippen LogP contribution in [0.4, 0.5) is 0 Å². The largest absolute Gasteiger partial charge is 0.458 e. The molecule has 0 aromatic carbocycles. The van der Waals surface area contributed by atoms with Crippen LogP contribution in [0.5, 0.6) is 0 Å². The number of hydrogen-bond donors (Lipinski definition) is 0. The highest BCUT2D eigenvalue weighted by atomic mass is 16.5. The average molecular weight is 387 g/mol. The first-order chi connectivity index (χ1) is 13.2. The van der Waals surface area contributed by atoms with Crippen molar-refractivity contribution >= 4 is 17.5 Å². The van der Waals surface area contributed by atoms with Crippen LogP contribution in [0.2, 0.25) is 0 Å². The molecule has 4 aliphatic rings. The van der Waals surface area contributed by atoms with Crippen molar-refractivity contribution in [3.8, 4) is 0 Å². The molecule has 3 fully saturated rings. The van der Waals surface area contributed by atoms with E-state index in [9.17, 15) is 14.4 Å². The summed E-state index contributed by atoms with van der Waals surface area (Å²) >= 11 is 0. The summed E-state index contributed by atoms with van der Waals surface area (Å²) in [4.78, 5) is 36.2. The van der Waals surface area contributed by atoms with Gasteiger partial charge in [-0.15, -0.1) is 0 Å². The number of Topliss-reactive ketones (excluding diaryl/α,β-unsaturated/α-hetero) is 1. The fourth-order valence-electron chi connectivity index (χ4n) is 7.70. The van der Waals surface area contributed by atoms with E-state index in [-0.39, 0.29) is 41.0 Å². The molecule has 4 heteroatoms. The van der Waals surface area contributed by atoms with Gasteiger partial charge in [-0.25, -0.2) is 0 Å². The zero-order valence-corrected chi connectivity index (χ0v) is 17.8. The molecule has 0 radical (unpaired) electrons. The van der Waals surface area contributed by atoms with E-state index in [1.807, 2.05) is 6.08 Å². The van der Waals surface area contributed by atoms with Gasteiger partial charge in [0, 0.05) is 18.8 Å². The Morgan fingerprint density at radius 2 is 1.89 bits per heavy atom. The molecule has 3 saturated carbocycles. The maximum atomic E-state index is 12.8. The lowest BCUT2D eigenvalue weighted by Crippen LogP contribution is -2.52. The van der Waals surface area contributed by atoms with Crippen LogP contribution in [0, 0.1) is 40.4 Å². The molecule has 4 aliphatic carbocycles. The fraction of sp³-hybridized carbons (Fsp3) is 0.792. The SMILES string of the molecule is CC(=O)OCC(=O)C1CCC2C3CCC4=CC(=O)C(C)CC4(C)C3CCC12C. The number of carbonyl (C=O) groups is 3. The summed E-state index contributed by atoms with van der Waals surface area (Å²) in [6, 6.07) is 0. The van der Waals surface area contributed by atoms with E-state index in [0.29, 0.717) is 23.5 Å². The van der Waals surface area contributed by atoms with Crippen molar-refractivity contribution in [2.45, 2.75) is 72.6 Å². The summed E-state index contributed by atoms with van der Waals surface area (Å²) in [7, 11) is 0. The highest BCUT2D eigenvalue weighted by Crippen LogP contribution is 2.66. The lowest BCUT2D eigenvalue weighted by Gasteiger charge is -2.58. The number of hydrogen-bond acceptors (Lipinski definition) is 4. The molecular formula is C24H34O4. The Morgan fingerprint density at radius 1 is 1.14 bits per heavy atom. The average Bonchev–Trinajstić information content (AvgIpc) is 2.98. The molecule has 0 spiro atoms. The number of carbonyl (C=O) groups excluding carboxylic acids is 3. The van der Waals surface area contributed by atoms with Crippen molar-refractivity contribution in [2.24, 2.45) is 40.4 Å². The minimum absolute atomic E-state index is 0.0226. The molecule has 4 rings (SSSR count). The van der Waals surface area contributed by atoms with E-state index in [2.05, 4.69) is 20.8 Å². The predicted molar refractivity (Wildman–Crippen MR) is 106 cm³/mol. The minimum Gasteiger partial charge on any atom is -0.458 e. The van der Waals surface area contributed by atoms with E-state index < -0.39 is 0 Å². The van der Waals surface area contributed by atoms with E-state index in [4.69, 9.17) is 4.74 Å². The van der Waals surface area contributed by atoms with Crippen LogP contribution in [-0.4, -0.2) is 24.1 Å². The molecule has 28 heavy (non-hydrogen) atoms. The van der Waals surface area contributed by atoms with Crippen molar-refractivity contribution in [2.75, 3.05) is 6.61 Å². The highest BCUT2D eigenvalue weighted by molar-refractivity contribution is 5.93. The number of allylic oxidation sites excluding steroid dienone is 1. The zero-order chi connectivity index (χ0) is 20.3. The molecule has 0 aromatic heterocycles. The third kappa shape index (κ3) is 2.90. The van der Waals surface area contributed by atoms with E-state index >= 15 is 0 Å². The lowest BCUT2D eigenvalue weighted by atomic mass is 9.46. The van der Waals surface area contributed by atoms with Crippen molar-refractivity contribution in [3.05, 3.63) is 11.6 Å². The molecule has 0 amide bonds. The predicted octanol–water partition coefficient (Wildman–Crippen LogP) is 4.51. The van der Waals surface area contributed by atoms with E-state index in [0.717, 1.165) is 44.9 Å². The van der Waals surface area contributed by atoms with Gasteiger partial charge in [0.2, 0.25) is 0 Å². The van der Waals surface area contributed by atoms with E-state index in [1.165, 1.54) is 12.5 Å². The summed E-state index contributed by atoms with van der Waals surface area (Å²) < 4.78 is 5.03. The summed E-state index contributed by atoms with van der Waals surface area (Å²) in [6.45, 7) is 8.09. The molecule has 0 bridgehead atoms. The smallest absolute Gasteiger partial charge is 0.303 e. The van der Waals surface area contributed by atoms with Gasteiger partial charge in [0.1, 0.15) is 6.61 Å². The Labute approximate surface area is 168 Å². The standard InChI is InChI=1S/C24H34O4/c1-14-12-24(4)16(11-21(14)26)5-6-17-18-7-8-20(22(27)13-28-15(2)25)23(18,3)10-9-19(17)24/h11,14,17-20H,5-10,12-13H2,1-4H3. The van der Waals surface area contributed by atoms with Crippen LogP contribution < -0.4 is 0 Å². The molecule has 4 nitrogen and oxygen atoms in total. The molecule has 0 heterocycles. The number of esters is 1. The van der Waals surface area contributed by atoms with Gasteiger partial charge in [0.05, 0.1) is 0 Å². The summed E-state index contributed by atoms with van der Waals surface area (Å²) in [5.41, 5.74) is 1.57. The quantitative estimate of drug-likeness (QED) is 0.670. The second-order valence-electron chi connectivity index (χ2n) is 10.4. The zero-order valence-electron chi connectivity index (χ0n) is 17.8. The van der Waals surface area contributed by atoms with Crippen molar-refractivity contribution in [3.63, 3.8) is 0 Å². The Morgan fingerprint density at radius 3 is 2.61 bits per heavy atom. The highest BCUT2D eigenvalue weighted by Gasteiger charge is 2.60. The van der Waals surface area contributed by atoms with Gasteiger partial charge in [-0.1, -0.05) is 26.3 Å². The Hall–Kier alpha value is -1.45.